The molecule has 1 N–H and O–H groups in total. The second-order valence-electron chi connectivity index (χ2n) is 6.24. The number of unbranched alkanes of at least 4 members (excludes halogenated alkanes) is 9. The summed E-state index contributed by atoms with van der Waals surface area (Å²) in [6.07, 6.45) is 15.5. The van der Waals surface area contributed by atoms with Gasteiger partial charge >= 0.3 is 0 Å². The molecule has 23 heavy (non-hydrogen) atoms. The van der Waals surface area contributed by atoms with Gasteiger partial charge in [-0.1, -0.05) is 94.1 Å². The molecule has 3 nitrogen and oxygen atoms in total. The maximum atomic E-state index is 11.5. The highest BCUT2D eigenvalue weighted by atomic mass is 16.4. The van der Waals surface area contributed by atoms with Crippen molar-refractivity contribution in [1.29, 1.82) is 0 Å². The number of rotatable bonds is 13. The zero-order valence-corrected chi connectivity index (χ0v) is 14.5. The molecule has 0 aliphatic heterocycles. The van der Waals surface area contributed by atoms with E-state index in [4.69, 9.17) is 5.21 Å². The van der Waals surface area contributed by atoms with Gasteiger partial charge in [0.05, 0.1) is 0 Å². The second kappa shape index (κ2) is 12.9. The molecule has 128 valence electrons. The van der Waals surface area contributed by atoms with Crippen molar-refractivity contribution in [2.45, 2.75) is 77.6 Å². The second-order valence-corrected chi connectivity index (χ2v) is 6.24. The zero-order chi connectivity index (χ0) is 16.8. The molecule has 0 bridgehead atoms. The van der Waals surface area contributed by atoms with E-state index in [2.05, 4.69) is 12.1 Å². The lowest BCUT2D eigenvalue weighted by Gasteiger charge is -2.04. The summed E-state index contributed by atoms with van der Waals surface area (Å²) in [6, 6.07) is 7.59. The average Bonchev–Trinajstić information content (AvgIpc) is 2.57. The van der Waals surface area contributed by atoms with Crippen LogP contribution in [0.2, 0.25) is 0 Å². The van der Waals surface area contributed by atoms with Crippen LogP contribution in [0.15, 0.2) is 29.4 Å². The number of nitrogens with zero attached hydrogens (tertiary/aromatic N) is 1. The topological polar surface area (TPSA) is 49.7 Å². The van der Waals surface area contributed by atoms with Crippen LogP contribution in [0.3, 0.4) is 0 Å². The molecule has 0 aliphatic rings. The van der Waals surface area contributed by atoms with Gasteiger partial charge in [0.15, 0.2) is 0 Å². The fraction of sp³-hybridized carbons (Fsp3) is 0.600. The van der Waals surface area contributed by atoms with Crippen molar-refractivity contribution in [3.05, 3.63) is 35.4 Å². The lowest BCUT2D eigenvalue weighted by Crippen LogP contribution is -2.00. The molecule has 0 unspecified atom stereocenters. The molecule has 1 aromatic rings. The summed E-state index contributed by atoms with van der Waals surface area (Å²) in [7, 11) is 0. The van der Waals surface area contributed by atoms with Crippen molar-refractivity contribution in [2.75, 3.05) is 0 Å². The number of Topliss-reactive ketones (excluding diaryl/α,β-unsaturated/α-hetero) is 1. The molecule has 0 fully saturated rings. The number of carbonyl (C=O) groups is 1. The summed E-state index contributed by atoms with van der Waals surface area (Å²) in [5, 5.41) is 11.1. The van der Waals surface area contributed by atoms with Crippen molar-refractivity contribution in [3.63, 3.8) is 0 Å². The van der Waals surface area contributed by atoms with Gasteiger partial charge in [-0.2, -0.15) is 0 Å². The number of oxime groups is 1. The van der Waals surface area contributed by atoms with E-state index >= 15 is 0 Å². The molecular formula is C20H31NO2. The molecule has 0 spiro atoms. The summed E-state index contributed by atoms with van der Waals surface area (Å²) in [5.41, 5.74) is 1.83. The van der Waals surface area contributed by atoms with Crippen LogP contribution in [-0.2, 0) is 6.42 Å². The van der Waals surface area contributed by atoms with Crippen molar-refractivity contribution >= 4 is 12.0 Å². The Morgan fingerprint density at radius 3 is 1.96 bits per heavy atom. The summed E-state index contributed by atoms with van der Waals surface area (Å²) in [6.45, 7) is 2.26. The van der Waals surface area contributed by atoms with Gasteiger partial charge in [0.2, 0.25) is 5.78 Å². The van der Waals surface area contributed by atoms with E-state index in [-0.39, 0.29) is 5.78 Å². The van der Waals surface area contributed by atoms with Crippen LogP contribution < -0.4 is 0 Å². The van der Waals surface area contributed by atoms with Gasteiger partial charge in [-0.25, -0.2) is 0 Å². The molecule has 0 radical (unpaired) electrons. The van der Waals surface area contributed by atoms with Crippen LogP contribution in [0, 0.1) is 0 Å². The Morgan fingerprint density at radius 2 is 1.43 bits per heavy atom. The van der Waals surface area contributed by atoms with Gasteiger partial charge in [-0.05, 0) is 18.4 Å². The Balaban J connectivity index is 2.06. The third kappa shape index (κ3) is 9.17. The minimum Gasteiger partial charge on any atom is -0.411 e. The maximum Gasteiger partial charge on any atom is 0.207 e. The number of carbonyl (C=O) groups excluding carboxylic acids is 1. The Kier molecular flexibility index (Phi) is 10.9. The molecule has 0 saturated carbocycles. The summed E-state index contributed by atoms with van der Waals surface area (Å²) < 4.78 is 0. The molecule has 0 heterocycles. The van der Waals surface area contributed by atoms with Crippen molar-refractivity contribution in [1.82, 2.24) is 0 Å². The molecule has 0 aliphatic carbocycles. The van der Waals surface area contributed by atoms with E-state index in [0.717, 1.165) is 12.6 Å². The van der Waals surface area contributed by atoms with Crippen LogP contribution in [0.4, 0.5) is 0 Å². The van der Waals surface area contributed by atoms with Gasteiger partial charge in [0.25, 0.3) is 0 Å². The predicted octanol–water partition coefficient (Wildman–Crippen LogP) is 5.79. The Hall–Kier alpha value is -1.64. The number of aryl methyl sites for hydroxylation is 1. The summed E-state index contributed by atoms with van der Waals surface area (Å²) in [5.74, 6) is -0.266. The molecule has 1 rings (SSSR count). The number of hydrogen-bond donors (Lipinski definition) is 1. The minimum atomic E-state index is -0.266. The zero-order valence-electron chi connectivity index (χ0n) is 14.5. The number of benzene rings is 1. The smallest absolute Gasteiger partial charge is 0.207 e. The van der Waals surface area contributed by atoms with E-state index in [1.54, 1.807) is 12.1 Å². The fourth-order valence-corrected chi connectivity index (χ4v) is 2.78. The average molecular weight is 317 g/mol. The minimum absolute atomic E-state index is 0.266. The first kappa shape index (κ1) is 19.4. The molecule has 1 aromatic carbocycles. The van der Waals surface area contributed by atoms with Crippen LogP contribution in [0.5, 0.6) is 0 Å². The molecule has 0 amide bonds. The lowest BCUT2D eigenvalue weighted by molar-refractivity contribution is 0.106. The van der Waals surface area contributed by atoms with E-state index in [9.17, 15) is 4.79 Å². The number of ketones is 1. The van der Waals surface area contributed by atoms with Gasteiger partial charge in [-0.3, -0.25) is 4.79 Å². The van der Waals surface area contributed by atoms with Crippen LogP contribution in [0.25, 0.3) is 0 Å². The molecule has 0 aromatic heterocycles. The Morgan fingerprint density at radius 1 is 0.913 bits per heavy atom. The predicted molar refractivity (Wildman–Crippen MR) is 96.6 cm³/mol. The maximum absolute atomic E-state index is 11.5. The highest BCUT2D eigenvalue weighted by Crippen LogP contribution is 2.13. The van der Waals surface area contributed by atoms with Gasteiger partial charge in [0, 0.05) is 5.56 Å². The summed E-state index contributed by atoms with van der Waals surface area (Å²) in [4.78, 5) is 11.5. The third-order valence-corrected chi connectivity index (χ3v) is 4.23. The first-order valence-corrected chi connectivity index (χ1v) is 9.08. The normalized spacial score (nSPS) is 11.2. The van der Waals surface area contributed by atoms with Crippen LogP contribution in [0.1, 0.15) is 87.1 Å². The first-order chi connectivity index (χ1) is 11.3. The van der Waals surface area contributed by atoms with E-state index < -0.39 is 0 Å². The highest BCUT2D eigenvalue weighted by molar-refractivity contribution is 6.35. The summed E-state index contributed by atoms with van der Waals surface area (Å²) >= 11 is 0. The largest absolute Gasteiger partial charge is 0.411 e. The molecular weight excluding hydrogens is 286 g/mol. The van der Waals surface area contributed by atoms with Crippen LogP contribution >= 0.6 is 0 Å². The molecule has 0 atom stereocenters. The monoisotopic (exact) mass is 317 g/mol. The quantitative estimate of drug-likeness (QED) is 0.164. The molecule has 0 saturated heterocycles. The van der Waals surface area contributed by atoms with Crippen molar-refractivity contribution in [3.8, 4) is 0 Å². The standard InChI is InChI=1S/C20H31NO2/c1-2-3-4-5-6-7-8-9-10-11-12-18-13-15-19(16-14-18)20(22)17-21-23/h13-17,23H,2-12H2,1H3/b21-17-. The Labute approximate surface area is 140 Å². The van der Waals surface area contributed by atoms with Gasteiger partial charge < -0.3 is 5.21 Å². The third-order valence-electron chi connectivity index (χ3n) is 4.23. The van der Waals surface area contributed by atoms with E-state index in [1.165, 1.54) is 69.8 Å². The SMILES string of the molecule is CCCCCCCCCCCCc1ccc(C(=O)/C=N\O)cc1. The lowest BCUT2D eigenvalue weighted by atomic mass is 10.0. The fourth-order valence-electron chi connectivity index (χ4n) is 2.78. The van der Waals surface area contributed by atoms with Crippen molar-refractivity contribution < 1.29 is 10.0 Å². The van der Waals surface area contributed by atoms with E-state index in [1.807, 2.05) is 12.1 Å². The van der Waals surface area contributed by atoms with Gasteiger partial charge in [-0.15, -0.1) is 0 Å². The number of hydrogen-bond acceptors (Lipinski definition) is 3. The van der Waals surface area contributed by atoms with Gasteiger partial charge in [0.1, 0.15) is 6.21 Å². The molecule has 3 heteroatoms. The first-order valence-electron chi connectivity index (χ1n) is 9.08. The van der Waals surface area contributed by atoms with Crippen molar-refractivity contribution in [2.24, 2.45) is 5.16 Å². The highest BCUT2D eigenvalue weighted by Gasteiger charge is 2.02. The van der Waals surface area contributed by atoms with E-state index in [0.29, 0.717) is 5.56 Å². The Bertz CT molecular complexity index is 451. The van der Waals surface area contributed by atoms with Crippen LogP contribution in [-0.4, -0.2) is 17.2 Å².